The van der Waals surface area contributed by atoms with Crippen molar-refractivity contribution in [2.24, 2.45) is 0 Å². The van der Waals surface area contributed by atoms with Gasteiger partial charge in [-0.3, -0.25) is 9.59 Å². The highest BCUT2D eigenvalue weighted by molar-refractivity contribution is 5.96. The van der Waals surface area contributed by atoms with Crippen LogP contribution >= 0.6 is 0 Å². The van der Waals surface area contributed by atoms with Gasteiger partial charge in [-0.2, -0.15) is 0 Å². The molecule has 6 heteroatoms. The predicted molar refractivity (Wildman–Crippen MR) is 114 cm³/mol. The van der Waals surface area contributed by atoms with E-state index in [1.807, 2.05) is 43.3 Å². The van der Waals surface area contributed by atoms with Gasteiger partial charge in [-0.15, -0.1) is 0 Å². The van der Waals surface area contributed by atoms with Gasteiger partial charge in [0.15, 0.2) is 0 Å². The Kier molecular flexibility index (Phi) is 8.34. The van der Waals surface area contributed by atoms with E-state index in [2.05, 4.69) is 22.9 Å². The molecule has 0 unspecified atom stereocenters. The minimum Gasteiger partial charge on any atom is -0.494 e. The van der Waals surface area contributed by atoms with Crippen molar-refractivity contribution in [1.82, 2.24) is 0 Å². The van der Waals surface area contributed by atoms with Crippen LogP contribution in [0.3, 0.4) is 0 Å². The molecule has 3 N–H and O–H groups in total. The van der Waals surface area contributed by atoms with Crippen LogP contribution in [0.15, 0.2) is 42.5 Å². The van der Waals surface area contributed by atoms with Gasteiger partial charge in [-0.25, -0.2) is 0 Å². The first-order valence-corrected chi connectivity index (χ1v) is 9.69. The average Bonchev–Trinajstić information content (AvgIpc) is 2.70. The molecule has 0 heterocycles. The van der Waals surface area contributed by atoms with Gasteiger partial charge >= 0.3 is 0 Å². The normalized spacial score (nSPS) is 10.2. The van der Waals surface area contributed by atoms with Gasteiger partial charge in [0, 0.05) is 23.5 Å². The molecule has 2 rings (SSSR count). The summed E-state index contributed by atoms with van der Waals surface area (Å²) in [6.45, 7) is 6.68. The Hall–Kier alpha value is -3.02. The Labute approximate surface area is 166 Å². The lowest BCUT2D eigenvalue weighted by Gasteiger charge is -2.12. The van der Waals surface area contributed by atoms with Crippen LogP contribution in [0.25, 0.3) is 0 Å². The lowest BCUT2D eigenvalue weighted by molar-refractivity contribution is -0.116. The van der Waals surface area contributed by atoms with Crippen LogP contribution in [0, 0.1) is 6.92 Å². The molecule has 0 saturated carbocycles. The molecular weight excluding hydrogens is 354 g/mol. The lowest BCUT2D eigenvalue weighted by atomic mass is 10.1. The number of carbonyl (C=O) groups is 2. The number of aryl methyl sites for hydroxylation is 1. The molecule has 0 aliphatic rings. The van der Waals surface area contributed by atoms with Crippen molar-refractivity contribution in [2.75, 3.05) is 29.1 Å². The van der Waals surface area contributed by atoms with Gasteiger partial charge < -0.3 is 20.7 Å². The summed E-state index contributed by atoms with van der Waals surface area (Å²) in [6.07, 6.45) is 2.54. The highest BCUT2D eigenvalue weighted by atomic mass is 16.5. The van der Waals surface area contributed by atoms with Gasteiger partial charge in [-0.05, 0) is 55.3 Å². The molecule has 0 saturated heterocycles. The highest BCUT2D eigenvalue weighted by Crippen LogP contribution is 2.21. The summed E-state index contributed by atoms with van der Waals surface area (Å²) in [5, 5.41) is 8.77. The summed E-state index contributed by atoms with van der Waals surface area (Å²) in [7, 11) is 0. The maximum Gasteiger partial charge on any atom is 0.243 e. The van der Waals surface area contributed by atoms with Gasteiger partial charge in [0.05, 0.1) is 13.2 Å². The number of hydrogen-bond donors (Lipinski definition) is 3. The largest absolute Gasteiger partial charge is 0.494 e. The van der Waals surface area contributed by atoms with E-state index < -0.39 is 0 Å². The number of anilines is 3. The summed E-state index contributed by atoms with van der Waals surface area (Å²) in [6, 6.07) is 13.0. The van der Waals surface area contributed by atoms with Crippen molar-refractivity contribution in [2.45, 2.75) is 40.0 Å². The van der Waals surface area contributed by atoms with E-state index in [0.717, 1.165) is 29.8 Å². The molecule has 0 spiro atoms. The molecule has 2 amide bonds. The van der Waals surface area contributed by atoms with E-state index in [9.17, 15) is 9.59 Å². The first-order valence-electron chi connectivity index (χ1n) is 9.69. The fourth-order valence-corrected chi connectivity index (χ4v) is 2.46. The zero-order valence-electron chi connectivity index (χ0n) is 16.8. The maximum absolute atomic E-state index is 12.2. The molecule has 0 atom stereocenters. The molecule has 0 aromatic heterocycles. The molecule has 2 aromatic carbocycles. The Balaban J connectivity index is 1.85. The number of carbonyl (C=O) groups excluding carboxylic acids is 2. The highest BCUT2D eigenvalue weighted by Gasteiger charge is 2.07. The topological polar surface area (TPSA) is 79.5 Å². The Morgan fingerprint density at radius 2 is 1.64 bits per heavy atom. The fourth-order valence-electron chi connectivity index (χ4n) is 2.46. The van der Waals surface area contributed by atoms with Crippen molar-refractivity contribution in [3.8, 4) is 5.75 Å². The smallest absolute Gasteiger partial charge is 0.243 e. The molecule has 0 radical (unpaired) electrons. The van der Waals surface area contributed by atoms with E-state index in [0.29, 0.717) is 24.4 Å². The van der Waals surface area contributed by atoms with Crippen LogP contribution in [-0.4, -0.2) is 25.0 Å². The number of benzene rings is 2. The average molecular weight is 383 g/mol. The monoisotopic (exact) mass is 383 g/mol. The van der Waals surface area contributed by atoms with Crippen molar-refractivity contribution < 1.29 is 14.3 Å². The minimum absolute atomic E-state index is 0.0598. The molecular formula is C22H29N3O3. The third kappa shape index (κ3) is 6.95. The summed E-state index contributed by atoms with van der Waals surface area (Å²) >= 11 is 0. The zero-order valence-corrected chi connectivity index (χ0v) is 16.8. The standard InChI is InChI=1S/C22H29N3O3/c1-4-6-13-28-19-11-9-17(10-12-19)23-15-22(27)24-18-8-7-16(3)20(14-18)25-21(26)5-2/h7-12,14,23H,4-6,13,15H2,1-3H3,(H,24,27)(H,25,26). The second-order valence-corrected chi connectivity index (χ2v) is 6.56. The van der Waals surface area contributed by atoms with Crippen LogP contribution in [0.1, 0.15) is 38.7 Å². The fraction of sp³-hybridized carbons (Fsp3) is 0.364. The predicted octanol–water partition coefficient (Wildman–Crippen LogP) is 4.57. The van der Waals surface area contributed by atoms with Crippen LogP contribution in [0.4, 0.5) is 17.1 Å². The molecule has 0 aliphatic heterocycles. The van der Waals surface area contributed by atoms with Crippen LogP contribution in [0.5, 0.6) is 5.75 Å². The van der Waals surface area contributed by atoms with Crippen molar-refractivity contribution >= 4 is 28.9 Å². The number of ether oxygens (including phenoxy) is 1. The SMILES string of the molecule is CCCCOc1ccc(NCC(=O)Nc2ccc(C)c(NC(=O)CC)c2)cc1. The quantitative estimate of drug-likeness (QED) is 0.525. The molecule has 28 heavy (non-hydrogen) atoms. The van der Waals surface area contributed by atoms with Crippen LogP contribution in [0.2, 0.25) is 0 Å². The van der Waals surface area contributed by atoms with Crippen molar-refractivity contribution in [3.63, 3.8) is 0 Å². The Morgan fingerprint density at radius 1 is 0.929 bits per heavy atom. The summed E-state index contributed by atoms with van der Waals surface area (Å²) in [5.41, 5.74) is 3.14. The van der Waals surface area contributed by atoms with E-state index in [-0.39, 0.29) is 18.4 Å². The second-order valence-electron chi connectivity index (χ2n) is 6.56. The van der Waals surface area contributed by atoms with E-state index >= 15 is 0 Å². The molecule has 2 aromatic rings. The molecule has 0 fully saturated rings. The molecule has 0 bridgehead atoms. The van der Waals surface area contributed by atoms with Gasteiger partial charge in [0.25, 0.3) is 0 Å². The zero-order chi connectivity index (χ0) is 20.4. The Morgan fingerprint density at radius 3 is 2.32 bits per heavy atom. The third-order valence-corrected chi connectivity index (χ3v) is 4.19. The van der Waals surface area contributed by atoms with Crippen LogP contribution < -0.4 is 20.7 Å². The lowest BCUT2D eigenvalue weighted by Crippen LogP contribution is -2.22. The number of unbranched alkanes of at least 4 members (excludes halogenated alkanes) is 1. The first-order chi connectivity index (χ1) is 13.5. The summed E-state index contributed by atoms with van der Waals surface area (Å²) in [4.78, 5) is 23.8. The third-order valence-electron chi connectivity index (χ3n) is 4.19. The summed E-state index contributed by atoms with van der Waals surface area (Å²) in [5.74, 6) is 0.597. The van der Waals surface area contributed by atoms with Gasteiger partial charge in [-0.1, -0.05) is 26.3 Å². The number of nitrogens with one attached hydrogen (secondary N) is 3. The van der Waals surface area contributed by atoms with Crippen molar-refractivity contribution in [1.29, 1.82) is 0 Å². The Bertz CT molecular complexity index is 788. The second kappa shape index (κ2) is 11.0. The summed E-state index contributed by atoms with van der Waals surface area (Å²) < 4.78 is 5.63. The first kappa shape index (κ1) is 21.3. The minimum atomic E-state index is -0.167. The number of rotatable bonds is 10. The number of hydrogen-bond acceptors (Lipinski definition) is 4. The van der Waals surface area contributed by atoms with Crippen LogP contribution in [-0.2, 0) is 9.59 Å². The van der Waals surface area contributed by atoms with Gasteiger partial charge in [0.2, 0.25) is 11.8 Å². The van der Waals surface area contributed by atoms with E-state index in [4.69, 9.17) is 4.74 Å². The number of amides is 2. The van der Waals surface area contributed by atoms with E-state index in [1.54, 1.807) is 13.0 Å². The molecule has 150 valence electrons. The maximum atomic E-state index is 12.2. The van der Waals surface area contributed by atoms with E-state index in [1.165, 1.54) is 0 Å². The molecule has 6 nitrogen and oxygen atoms in total. The molecule has 0 aliphatic carbocycles. The van der Waals surface area contributed by atoms with Crippen molar-refractivity contribution in [3.05, 3.63) is 48.0 Å². The van der Waals surface area contributed by atoms with Gasteiger partial charge in [0.1, 0.15) is 5.75 Å².